The first-order valence-electron chi connectivity index (χ1n) is 9.74. The van der Waals surface area contributed by atoms with E-state index in [-0.39, 0.29) is 18.0 Å². The molecule has 0 saturated heterocycles. The molecule has 0 unspecified atom stereocenters. The molecular formula is C21H32N6O. The number of benzene rings is 1. The quantitative estimate of drug-likeness (QED) is 0.480. The number of aromatic nitrogens is 2. The van der Waals surface area contributed by atoms with Crippen molar-refractivity contribution in [2.45, 2.75) is 46.2 Å². The predicted molar refractivity (Wildman–Crippen MR) is 113 cm³/mol. The third kappa shape index (κ3) is 7.82. The van der Waals surface area contributed by atoms with E-state index >= 15 is 0 Å². The SMILES string of the molecule is CCNC(=NCC(=O)NC(C)(C)C)NCCc1nccn1Cc1ccccc1. The lowest BCUT2D eigenvalue weighted by Gasteiger charge is -2.20. The van der Waals surface area contributed by atoms with Crippen molar-refractivity contribution < 1.29 is 4.79 Å². The number of nitrogens with zero attached hydrogens (tertiary/aromatic N) is 3. The van der Waals surface area contributed by atoms with Gasteiger partial charge in [0.25, 0.3) is 0 Å². The third-order valence-corrected chi connectivity index (χ3v) is 3.88. The summed E-state index contributed by atoms with van der Waals surface area (Å²) in [4.78, 5) is 20.8. The molecule has 3 N–H and O–H groups in total. The molecule has 0 aliphatic rings. The Morgan fingerprint density at radius 3 is 2.61 bits per heavy atom. The van der Waals surface area contributed by atoms with Crippen molar-refractivity contribution in [1.82, 2.24) is 25.5 Å². The van der Waals surface area contributed by atoms with Crippen LogP contribution in [0.4, 0.5) is 0 Å². The van der Waals surface area contributed by atoms with Crippen molar-refractivity contribution in [3.05, 3.63) is 54.1 Å². The minimum absolute atomic E-state index is 0.0925. The Bertz CT molecular complexity index is 761. The molecule has 0 radical (unpaired) electrons. The van der Waals surface area contributed by atoms with Crippen LogP contribution in [0.1, 0.15) is 39.1 Å². The van der Waals surface area contributed by atoms with Crippen LogP contribution in [-0.4, -0.2) is 46.6 Å². The maximum absolute atomic E-state index is 12.0. The number of hydrogen-bond donors (Lipinski definition) is 3. The zero-order chi connectivity index (χ0) is 20.4. The van der Waals surface area contributed by atoms with Crippen LogP contribution in [0.2, 0.25) is 0 Å². The van der Waals surface area contributed by atoms with Gasteiger partial charge >= 0.3 is 0 Å². The minimum Gasteiger partial charge on any atom is -0.357 e. The topological polar surface area (TPSA) is 83.3 Å². The summed E-state index contributed by atoms with van der Waals surface area (Å²) >= 11 is 0. The maximum Gasteiger partial charge on any atom is 0.242 e. The van der Waals surface area contributed by atoms with E-state index in [4.69, 9.17) is 0 Å². The Hall–Kier alpha value is -2.83. The van der Waals surface area contributed by atoms with Crippen molar-refractivity contribution in [2.75, 3.05) is 19.6 Å². The Morgan fingerprint density at radius 2 is 1.93 bits per heavy atom. The van der Waals surface area contributed by atoms with Gasteiger partial charge in [-0.25, -0.2) is 9.98 Å². The van der Waals surface area contributed by atoms with Gasteiger partial charge in [-0.1, -0.05) is 30.3 Å². The summed E-state index contributed by atoms with van der Waals surface area (Å²) in [5.74, 6) is 1.55. The van der Waals surface area contributed by atoms with Gasteiger partial charge in [-0.05, 0) is 33.3 Å². The van der Waals surface area contributed by atoms with Crippen LogP contribution in [0, 0.1) is 0 Å². The molecule has 1 heterocycles. The lowest BCUT2D eigenvalue weighted by atomic mass is 10.1. The first-order valence-corrected chi connectivity index (χ1v) is 9.74. The Kier molecular flexibility index (Phi) is 8.04. The molecule has 1 aromatic heterocycles. The van der Waals surface area contributed by atoms with Crippen LogP contribution in [0.15, 0.2) is 47.7 Å². The number of nitrogens with one attached hydrogen (secondary N) is 3. The summed E-state index contributed by atoms with van der Waals surface area (Å²) in [5.41, 5.74) is 0.989. The normalized spacial score (nSPS) is 11.9. The molecule has 2 rings (SSSR count). The van der Waals surface area contributed by atoms with Crippen LogP contribution < -0.4 is 16.0 Å². The zero-order valence-corrected chi connectivity index (χ0v) is 17.3. The molecule has 152 valence electrons. The number of rotatable bonds is 8. The highest BCUT2D eigenvalue weighted by atomic mass is 16.2. The van der Waals surface area contributed by atoms with E-state index in [9.17, 15) is 4.79 Å². The molecule has 1 amide bonds. The van der Waals surface area contributed by atoms with Crippen LogP contribution in [0.25, 0.3) is 0 Å². The molecule has 0 aliphatic carbocycles. The minimum atomic E-state index is -0.256. The highest BCUT2D eigenvalue weighted by molar-refractivity contribution is 5.85. The fraction of sp³-hybridized carbons (Fsp3) is 0.476. The number of guanidine groups is 1. The second-order valence-corrected chi connectivity index (χ2v) is 7.63. The highest BCUT2D eigenvalue weighted by Crippen LogP contribution is 2.05. The van der Waals surface area contributed by atoms with Gasteiger partial charge in [0, 0.05) is 44.0 Å². The number of hydrogen-bond acceptors (Lipinski definition) is 3. The average molecular weight is 385 g/mol. The van der Waals surface area contributed by atoms with Crippen LogP contribution in [0.3, 0.4) is 0 Å². The Morgan fingerprint density at radius 1 is 1.18 bits per heavy atom. The Labute approximate surface area is 167 Å². The molecule has 0 bridgehead atoms. The zero-order valence-electron chi connectivity index (χ0n) is 17.3. The van der Waals surface area contributed by atoms with Gasteiger partial charge in [0.2, 0.25) is 5.91 Å². The molecular weight excluding hydrogens is 352 g/mol. The largest absolute Gasteiger partial charge is 0.357 e. The number of carbonyl (C=O) groups excluding carboxylic acids is 1. The summed E-state index contributed by atoms with van der Waals surface area (Å²) < 4.78 is 2.15. The van der Waals surface area contributed by atoms with Gasteiger partial charge in [0.1, 0.15) is 12.4 Å². The summed E-state index contributed by atoms with van der Waals surface area (Å²) in [5, 5.41) is 9.35. The van der Waals surface area contributed by atoms with Gasteiger partial charge in [-0.15, -0.1) is 0 Å². The van der Waals surface area contributed by atoms with Crippen LogP contribution >= 0.6 is 0 Å². The number of amides is 1. The standard InChI is InChI=1S/C21H32N6O/c1-5-22-20(25-15-19(28)26-21(2,3)4)24-12-11-18-23-13-14-27(18)16-17-9-7-6-8-10-17/h6-10,13-14H,5,11-12,15-16H2,1-4H3,(H,26,28)(H2,22,24,25). The van der Waals surface area contributed by atoms with Crippen molar-refractivity contribution >= 4 is 11.9 Å². The van der Waals surface area contributed by atoms with Gasteiger partial charge in [0.15, 0.2) is 5.96 Å². The molecule has 1 aromatic carbocycles. The highest BCUT2D eigenvalue weighted by Gasteiger charge is 2.13. The van der Waals surface area contributed by atoms with Gasteiger partial charge in [-0.3, -0.25) is 4.79 Å². The molecule has 7 nitrogen and oxygen atoms in total. The van der Waals surface area contributed by atoms with Crippen LogP contribution in [0.5, 0.6) is 0 Å². The monoisotopic (exact) mass is 384 g/mol. The van der Waals surface area contributed by atoms with E-state index in [0.29, 0.717) is 12.5 Å². The van der Waals surface area contributed by atoms with E-state index in [2.05, 4.69) is 42.6 Å². The fourth-order valence-electron chi connectivity index (χ4n) is 2.74. The summed E-state index contributed by atoms with van der Waals surface area (Å²) in [6.07, 6.45) is 4.59. The van der Waals surface area contributed by atoms with E-state index < -0.39 is 0 Å². The second-order valence-electron chi connectivity index (χ2n) is 7.63. The molecule has 0 spiro atoms. The second kappa shape index (κ2) is 10.5. The maximum atomic E-state index is 12.0. The summed E-state index contributed by atoms with van der Waals surface area (Å²) in [6, 6.07) is 10.3. The van der Waals surface area contributed by atoms with E-state index in [0.717, 1.165) is 25.3 Å². The number of aliphatic imine (C=N–C) groups is 1. The van der Waals surface area contributed by atoms with Gasteiger partial charge < -0.3 is 20.5 Å². The molecule has 0 atom stereocenters. The van der Waals surface area contributed by atoms with Crippen LogP contribution in [-0.2, 0) is 17.8 Å². The molecule has 0 fully saturated rings. The van der Waals surface area contributed by atoms with Crippen molar-refractivity contribution in [2.24, 2.45) is 4.99 Å². The molecule has 2 aromatic rings. The Balaban J connectivity index is 1.87. The molecule has 0 saturated carbocycles. The van der Waals surface area contributed by atoms with E-state index in [1.807, 2.05) is 58.3 Å². The smallest absolute Gasteiger partial charge is 0.242 e. The number of carbonyl (C=O) groups is 1. The molecule has 7 heteroatoms. The van der Waals surface area contributed by atoms with Crippen molar-refractivity contribution in [1.29, 1.82) is 0 Å². The first-order chi connectivity index (χ1) is 13.4. The van der Waals surface area contributed by atoms with E-state index in [1.54, 1.807) is 0 Å². The van der Waals surface area contributed by atoms with E-state index in [1.165, 1.54) is 5.56 Å². The first kappa shape index (κ1) is 21.5. The lowest BCUT2D eigenvalue weighted by Crippen LogP contribution is -2.43. The predicted octanol–water partition coefficient (Wildman–Crippen LogP) is 1.94. The molecule has 0 aliphatic heterocycles. The third-order valence-electron chi connectivity index (χ3n) is 3.88. The number of imidazole rings is 1. The van der Waals surface area contributed by atoms with Crippen molar-refractivity contribution in [3.8, 4) is 0 Å². The fourth-order valence-corrected chi connectivity index (χ4v) is 2.74. The van der Waals surface area contributed by atoms with Gasteiger partial charge in [0.05, 0.1) is 0 Å². The summed E-state index contributed by atoms with van der Waals surface area (Å²) in [7, 11) is 0. The molecule has 28 heavy (non-hydrogen) atoms. The van der Waals surface area contributed by atoms with Crippen molar-refractivity contribution in [3.63, 3.8) is 0 Å². The summed E-state index contributed by atoms with van der Waals surface area (Å²) in [6.45, 7) is 10.2. The van der Waals surface area contributed by atoms with Gasteiger partial charge in [-0.2, -0.15) is 0 Å². The lowest BCUT2D eigenvalue weighted by molar-refractivity contribution is -0.121. The average Bonchev–Trinajstić information content (AvgIpc) is 3.06.